The molecule has 0 saturated carbocycles. The molecular weight excluding hydrogens is 380 g/mol. The highest BCUT2D eigenvalue weighted by atomic mass is 19.1. The van der Waals surface area contributed by atoms with Gasteiger partial charge in [-0.2, -0.15) is 5.10 Å². The number of carbonyl (C=O) groups is 1. The largest absolute Gasteiger partial charge is 0.494 e. The van der Waals surface area contributed by atoms with Gasteiger partial charge < -0.3 is 14.8 Å². The van der Waals surface area contributed by atoms with Crippen LogP contribution in [-0.2, 0) is 13.7 Å². The van der Waals surface area contributed by atoms with Gasteiger partial charge >= 0.3 is 0 Å². The summed E-state index contributed by atoms with van der Waals surface area (Å²) >= 11 is 0. The fourth-order valence-electron chi connectivity index (χ4n) is 2.99. The lowest BCUT2D eigenvalue weighted by Gasteiger charge is -2.14. The molecule has 0 aliphatic carbocycles. The van der Waals surface area contributed by atoms with E-state index in [0.29, 0.717) is 11.4 Å². The maximum Gasteiger partial charge on any atom is 0.261 e. The van der Waals surface area contributed by atoms with E-state index in [1.54, 1.807) is 43.0 Å². The number of amides is 1. The van der Waals surface area contributed by atoms with Gasteiger partial charge in [0.05, 0.1) is 24.7 Å². The van der Waals surface area contributed by atoms with Crippen molar-refractivity contribution in [1.82, 2.24) is 9.78 Å². The van der Waals surface area contributed by atoms with Crippen molar-refractivity contribution in [1.29, 1.82) is 0 Å². The fourth-order valence-corrected chi connectivity index (χ4v) is 2.99. The van der Waals surface area contributed by atoms with Crippen molar-refractivity contribution in [3.05, 3.63) is 70.5 Å². The van der Waals surface area contributed by atoms with Crippen LogP contribution < -0.4 is 14.8 Å². The van der Waals surface area contributed by atoms with Gasteiger partial charge in [0.25, 0.3) is 5.91 Å². The summed E-state index contributed by atoms with van der Waals surface area (Å²) in [6.07, 6.45) is 1.67. The minimum atomic E-state index is -1.02. The highest BCUT2D eigenvalue weighted by Crippen LogP contribution is 2.29. The maximum atomic E-state index is 14.5. The molecule has 1 aromatic heterocycles. The molecule has 0 radical (unpaired) electrons. The standard InChI is InChI=1S/C21H21F2N3O3/c1-12-6-5-7-17(20(12)28-4)25-21(27)19-15(22)8-14(9-16(19)23)29-11-18-13(2)10-24-26(18)3/h5-10H,11H2,1-4H3,(H,25,27). The van der Waals surface area contributed by atoms with Crippen molar-refractivity contribution in [2.75, 3.05) is 12.4 Å². The third kappa shape index (κ3) is 4.21. The molecule has 0 unspecified atom stereocenters. The number of nitrogens with one attached hydrogen (secondary N) is 1. The van der Waals surface area contributed by atoms with Crippen LogP contribution in [0.4, 0.5) is 14.5 Å². The van der Waals surface area contributed by atoms with Gasteiger partial charge in [0.1, 0.15) is 35.3 Å². The Bertz CT molecular complexity index is 1020. The summed E-state index contributed by atoms with van der Waals surface area (Å²) in [7, 11) is 3.20. The van der Waals surface area contributed by atoms with Gasteiger partial charge in [-0.25, -0.2) is 8.78 Å². The summed E-state index contributed by atoms with van der Waals surface area (Å²) in [6.45, 7) is 3.75. The monoisotopic (exact) mass is 401 g/mol. The van der Waals surface area contributed by atoms with Gasteiger partial charge in [-0.1, -0.05) is 12.1 Å². The van der Waals surface area contributed by atoms with E-state index in [2.05, 4.69) is 10.4 Å². The molecule has 0 bridgehead atoms. The summed E-state index contributed by atoms with van der Waals surface area (Å²) in [5, 5.41) is 6.58. The average Bonchev–Trinajstić information content (AvgIpc) is 2.97. The van der Waals surface area contributed by atoms with E-state index in [1.807, 2.05) is 6.92 Å². The molecule has 152 valence electrons. The topological polar surface area (TPSA) is 65.4 Å². The highest BCUT2D eigenvalue weighted by molar-refractivity contribution is 6.05. The number of ether oxygens (including phenoxy) is 2. The Morgan fingerprint density at radius 3 is 2.45 bits per heavy atom. The lowest BCUT2D eigenvalue weighted by molar-refractivity contribution is 0.101. The molecule has 0 atom stereocenters. The Morgan fingerprint density at radius 1 is 1.17 bits per heavy atom. The minimum Gasteiger partial charge on any atom is -0.494 e. The van der Waals surface area contributed by atoms with E-state index in [-0.39, 0.29) is 12.4 Å². The molecule has 6 nitrogen and oxygen atoms in total. The maximum absolute atomic E-state index is 14.5. The quantitative estimate of drug-likeness (QED) is 0.674. The molecule has 29 heavy (non-hydrogen) atoms. The predicted octanol–water partition coefficient (Wildman–Crippen LogP) is 4.16. The smallest absolute Gasteiger partial charge is 0.261 e. The number of para-hydroxylation sites is 1. The van der Waals surface area contributed by atoms with Gasteiger partial charge in [0.15, 0.2) is 0 Å². The van der Waals surface area contributed by atoms with Crippen LogP contribution in [0.5, 0.6) is 11.5 Å². The third-order valence-corrected chi connectivity index (χ3v) is 4.55. The number of nitrogens with zero attached hydrogens (tertiary/aromatic N) is 2. The first-order chi connectivity index (χ1) is 13.8. The first kappa shape index (κ1) is 20.3. The Morgan fingerprint density at radius 2 is 1.86 bits per heavy atom. The number of anilines is 1. The van der Waals surface area contributed by atoms with E-state index < -0.39 is 23.1 Å². The van der Waals surface area contributed by atoms with Crippen molar-refractivity contribution in [3.8, 4) is 11.5 Å². The number of hydrogen-bond acceptors (Lipinski definition) is 4. The van der Waals surface area contributed by atoms with Gasteiger partial charge in [0, 0.05) is 19.2 Å². The van der Waals surface area contributed by atoms with Crippen LogP contribution >= 0.6 is 0 Å². The van der Waals surface area contributed by atoms with Crippen LogP contribution in [0, 0.1) is 25.5 Å². The molecular formula is C21H21F2N3O3. The molecule has 1 heterocycles. The number of methoxy groups -OCH3 is 1. The van der Waals surface area contributed by atoms with Crippen molar-refractivity contribution < 1.29 is 23.0 Å². The Hall–Kier alpha value is -3.42. The van der Waals surface area contributed by atoms with Gasteiger partial charge in [-0.15, -0.1) is 0 Å². The van der Waals surface area contributed by atoms with Crippen molar-refractivity contribution >= 4 is 11.6 Å². The fraction of sp³-hybridized carbons (Fsp3) is 0.238. The Kier molecular flexibility index (Phi) is 5.81. The number of aromatic nitrogens is 2. The summed E-state index contributed by atoms with van der Waals surface area (Å²) in [6, 6.07) is 7.06. The zero-order valence-corrected chi connectivity index (χ0v) is 16.5. The highest BCUT2D eigenvalue weighted by Gasteiger charge is 2.21. The number of carbonyl (C=O) groups excluding carboxylic acids is 1. The first-order valence-electron chi connectivity index (χ1n) is 8.86. The molecule has 1 N–H and O–H groups in total. The van der Waals surface area contributed by atoms with Crippen LogP contribution in [0.15, 0.2) is 36.5 Å². The van der Waals surface area contributed by atoms with Crippen molar-refractivity contribution in [2.45, 2.75) is 20.5 Å². The number of benzene rings is 2. The van der Waals surface area contributed by atoms with Crippen LogP contribution in [0.25, 0.3) is 0 Å². The molecule has 0 aliphatic heterocycles. The summed E-state index contributed by atoms with van der Waals surface area (Å²) in [5.74, 6) is -2.56. The predicted molar refractivity (Wildman–Crippen MR) is 104 cm³/mol. The second-order valence-corrected chi connectivity index (χ2v) is 6.56. The molecule has 1 amide bonds. The van der Waals surface area contributed by atoms with Crippen LogP contribution in [0.1, 0.15) is 27.2 Å². The van der Waals surface area contributed by atoms with Crippen LogP contribution in [0.3, 0.4) is 0 Å². The molecule has 2 aromatic carbocycles. The Balaban J connectivity index is 1.80. The lowest BCUT2D eigenvalue weighted by atomic mass is 10.1. The lowest BCUT2D eigenvalue weighted by Crippen LogP contribution is -2.17. The van der Waals surface area contributed by atoms with Gasteiger partial charge in [-0.05, 0) is 31.0 Å². The van der Waals surface area contributed by atoms with E-state index in [0.717, 1.165) is 29.0 Å². The first-order valence-corrected chi connectivity index (χ1v) is 8.86. The van der Waals surface area contributed by atoms with Crippen molar-refractivity contribution in [2.24, 2.45) is 7.05 Å². The molecule has 0 fully saturated rings. The molecule has 0 saturated heterocycles. The normalized spacial score (nSPS) is 10.7. The SMILES string of the molecule is COc1c(C)cccc1NC(=O)c1c(F)cc(OCc2c(C)cnn2C)cc1F. The summed E-state index contributed by atoms with van der Waals surface area (Å²) in [5.41, 5.74) is 2.08. The third-order valence-electron chi connectivity index (χ3n) is 4.55. The number of aryl methyl sites for hydroxylation is 3. The molecule has 3 rings (SSSR count). The molecule has 0 spiro atoms. The van der Waals surface area contributed by atoms with Crippen molar-refractivity contribution in [3.63, 3.8) is 0 Å². The number of hydrogen-bond donors (Lipinski definition) is 1. The van der Waals surface area contributed by atoms with E-state index in [4.69, 9.17) is 9.47 Å². The van der Waals surface area contributed by atoms with Gasteiger partial charge in [0.2, 0.25) is 0 Å². The second-order valence-electron chi connectivity index (χ2n) is 6.56. The number of rotatable bonds is 6. The van der Waals surface area contributed by atoms with E-state index in [1.165, 1.54) is 7.11 Å². The van der Waals surface area contributed by atoms with E-state index in [9.17, 15) is 13.6 Å². The minimum absolute atomic E-state index is 0.0229. The zero-order chi connectivity index (χ0) is 21.1. The second kappa shape index (κ2) is 8.30. The molecule has 0 aliphatic rings. The van der Waals surface area contributed by atoms with Gasteiger partial charge in [-0.3, -0.25) is 9.48 Å². The molecule has 8 heteroatoms. The summed E-state index contributed by atoms with van der Waals surface area (Å²) in [4.78, 5) is 12.5. The molecule has 3 aromatic rings. The zero-order valence-electron chi connectivity index (χ0n) is 16.5. The number of halogens is 2. The Labute approximate surface area is 167 Å². The average molecular weight is 401 g/mol. The van der Waals surface area contributed by atoms with Crippen LogP contribution in [0.2, 0.25) is 0 Å². The summed E-state index contributed by atoms with van der Waals surface area (Å²) < 4.78 is 41.4. The van der Waals surface area contributed by atoms with Crippen LogP contribution in [-0.4, -0.2) is 22.8 Å². The van der Waals surface area contributed by atoms with E-state index >= 15 is 0 Å².